The van der Waals surface area contributed by atoms with Crippen molar-refractivity contribution in [1.29, 1.82) is 5.41 Å². The summed E-state index contributed by atoms with van der Waals surface area (Å²) in [6.07, 6.45) is 5.45. The molecule has 0 atom stereocenters. The monoisotopic (exact) mass is 520 g/mol. The fraction of sp³-hybridized carbons (Fsp3) is 0.357. The Kier molecular flexibility index (Phi) is 8.66. The normalized spacial score (nSPS) is 16.0. The summed E-state index contributed by atoms with van der Waals surface area (Å²) in [4.78, 5) is 16.8. The number of aryl methyl sites for hydroxylation is 2. The highest BCUT2D eigenvalue weighted by Gasteiger charge is 2.35. The highest BCUT2D eigenvalue weighted by Crippen LogP contribution is 2.32. The molecule has 0 unspecified atom stereocenters. The Bertz CT molecular complexity index is 1280. The molecule has 0 saturated carbocycles. The van der Waals surface area contributed by atoms with E-state index in [2.05, 4.69) is 36.9 Å². The first-order valence-electron chi connectivity index (χ1n) is 12.4. The second kappa shape index (κ2) is 12.1. The Morgan fingerprint density at radius 3 is 2.65 bits per heavy atom. The van der Waals surface area contributed by atoms with Crippen LogP contribution in [0.1, 0.15) is 49.8 Å². The number of amidine groups is 2. The number of methoxy groups -OCH3 is 1. The Balaban J connectivity index is 1.41. The molecule has 2 aliphatic rings. The molecule has 37 heavy (non-hydrogen) atoms. The lowest BCUT2D eigenvalue weighted by Gasteiger charge is -2.20. The number of hydrogen-bond donors (Lipinski definition) is 1. The number of carbonyl (C=O) groups excluding carboxylic acids is 1. The topological polar surface area (TPSA) is 96.6 Å². The van der Waals surface area contributed by atoms with Crippen LogP contribution < -0.4 is 14.2 Å². The summed E-state index contributed by atoms with van der Waals surface area (Å²) in [5.41, 5.74) is 3.28. The number of aliphatic imine (C=N–C) groups is 1. The SMILES string of the molecule is CCCCC1=NN2C(=N)/C(=C\c3ccc(OCCOc4cc(C)cc(CC)c4)c(OC)c3)C(=O)N=C2S1. The second-order valence-corrected chi connectivity index (χ2v) is 9.77. The van der Waals surface area contributed by atoms with Crippen molar-refractivity contribution in [2.24, 2.45) is 10.1 Å². The van der Waals surface area contributed by atoms with E-state index >= 15 is 0 Å². The Labute approximate surface area is 221 Å². The van der Waals surface area contributed by atoms with Crippen LogP contribution in [-0.2, 0) is 11.2 Å². The lowest BCUT2D eigenvalue weighted by atomic mass is 10.1. The molecular weight excluding hydrogens is 488 g/mol. The van der Waals surface area contributed by atoms with Gasteiger partial charge in [0.25, 0.3) is 5.91 Å². The molecule has 0 aliphatic carbocycles. The van der Waals surface area contributed by atoms with Crippen LogP contribution in [-0.4, -0.2) is 47.3 Å². The zero-order valence-electron chi connectivity index (χ0n) is 21.7. The van der Waals surface area contributed by atoms with Crippen LogP contribution in [0.4, 0.5) is 0 Å². The van der Waals surface area contributed by atoms with Crippen molar-refractivity contribution in [2.45, 2.75) is 46.5 Å². The van der Waals surface area contributed by atoms with Gasteiger partial charge in [-0.3, -0.25) is 10.2 Å². The van der Waals surface area contributed by atoms with Gasteiger partial charge in [-0.25, -0.2) is 0 Å². The number of nitrogens with one attached hydrogen (secondary N) is 1. The maximum atomic E-state index is 12.7. The van der Waals surface area contributed by atoms with E-state index in [9.17, 15) is 4.79 Å². The first kappa shape index (κ1) is 26.5. The summed E-state index contributed by atoms with van der Waals surface area (Å²) in [6, 6.07) is 11.6. The lowest BCUT2D eigenvalue weighted by Crippen LogP contribution is -2.35. The molecule has 0 fully saturated rings. The third-order valence-electron chi connectivity index (χ3n) is 5.87. The molecule has 194 valence electrons. The van der Waals surface area contributed by atoms with Crippen molar-refractivity contribution in [3.63, 3.8) is 0 Å². The van der Waals surface area contributed by atoms with Crippen LogP contribution in [0.3, 0.4) is 0 Å². The highest BCUT2D eigenvalue weighted by molar-refractivity contribution is 8.26. The van der Waals surface area contributed by atoms with Gasteiger partial charge in [0, 0.05) is 0 Å². The maximum absolute atomic E-state index is 12.7. The minimum Gasteiger partial charge on any atom is -0.493 e. The van der Waals surface area contributed by atoms with Crippen LogP contribution in [0.2, 0.25) is 0 Å². The minimum atomic E-state index is -0.450. The van der Waals surface area contributed by atoms with Gasteiger partial charge in [-0.05, 0) is 85.0 Å². The van der Waals surface area contributed by atoms with Crippen LogP contribution >= 0.6 is 11.8 Å². The molecular formula is C28H32N4O4S. The highest BCUT2D eigenvalue weighted by atomic mass is 32.2. The van der Waals surface area contributed by atoms with E-state index in [0.29, 0.717) is 35.4 Å². The standard InChI is InChI=1S/C28H32N4O4S/c1-5-7-8-25-31-32-26(29)22(27(33)30-28(32)37-25)16-20-9-10-23(24(17-20)34-4)36-12-11-35-21-14-18(3)13-19(6-2)15-21/h9-10,13-17,29H,5-8,11-12H2,1-4H3/b22-16+,29-26?. The summed E-state index contributed by atoms with van der Waals surface area (Å²) in [5.74, 6) is 1.49. The van der Waals surface area contributed by atoms with Gasteiger partial charge in [-0.2, -0.15) is 15.1 Å². The lowest BCUT2D eigenvalue weighted by molar-refractivity contribution is -0.114. The molecule has 0 bridgehead atoms. The van der Waals surface area contributed by atoms with E-state index in [1.54, 1.807) is 25.3 Å². The van der Waals surface area contributed by atoms with E-state index in [1.165, 1.54) is 27.9 Å². The zero-order chi connectivity index (χ0) is 26.4. The van der Waals surface area contributed by atoms with Crippen molar-refractivity contribution in [2.75, 3.05) is 20.3 Å². The molecule has 0 spiro atoms. The van der Waals surface area contributed by atoms with Gasteiger partial charge in [-0.1, -0.05) is 32.4 Å². The summed E-state index contributed by atoms with van der Waals surface area (Å²) in [6.45, 7) is 7.03. The summed E-state index contributed by atoms with van der Waals surface area (Å²) >= 11 is 1.36. The average Bonchev–Trinajstić information content (AvgIpc) is 3.30. The second-order valence-electron chi connectivity index (χ2n) is 8.73. The molecule has 1 amide bonds. The first-order valence-corrected chi connectivity index (χ1v) is 13.3. The van der Waals surface area contributed by atoms with Crippen LogP contribution in [0.25, 0.3) is 6.08 Å². The molecule has 0 saturated heterocycles. The number of ether oxygens (including phenoxy) is 3. The number of rotatable bonds is 11. The number of benzene rings is 2. The molecule has 2 aromatic carbocycles. The van der Waals surface area contributed by atoms with Crippen LogP contribution in [0, 0.1) is 12.3 Å². The Morgan fingerprint density at radius 2 is 1.89 bits per heavy atom. The quantitative estimate of drug-likeness (QED) is 0.296. The van der Waals surface area contributed by atoms with Crippen molar-refractivity contribution in [1.82, 2.24) is 5.01 Å². The molecule has 4 rings (SSSR count). The predicted molar refractivity (Wildman–Crippen MR) is 149 cm³/mol. The van der Waals surface area contributed by atoms with Crippen molar-refractivity contribution < 1.29 is 19.0 Å². The molecule has 2 aromatic rings. The number of hydrogen-bond acceptors (Lipinski definition) is 7. The van der Waals surface area contributed by atoms with E-state index in [1.807, 2.05) is 18.2 Å². The summed E-state index contributed by atoms with van der Waals surface area (Å²) in [5, 5.41) is 15.8. The molecule has 9 heteroatoms. The molecule has 8 nitrogen and oxygen atoms in total. The molecule has 1 N–H and O–H groups in total. The number of hydrazone groups is 1. The largest absolute Gasteiger partial charge is 0.493 e. The van der Waals surface area contributed by atoms with E-state index in [-0.39, 0.29) is 11.4 Å². The Hall–Kier alpha value is -3.59. The molecule has 0 radical (unpaired) electrons. The van der Waals surface area contributed by atoms with Gasteiger partial charge in [0.05, 0.1) is 12.7 Å². The van der Waals surface area contributed by atoms with E-state index in [0.717, 1.165) is 36.5 Å². The van der Waals surface area contributed by atoms with Crippen LogP contribution in [0.15, 0.2) is 52.1 Å². The Morgan fingerprint density at radius 1 is 1.08 bits per heavy atom. The van der Waals surface area contributed by atoms with Gasteiger partial charge in [0.1, 0.15) is 24.0 Å². The van der Waals surface area contributed by atoms with Gasteiger partial charge >= 0.3 is 0 Å². The van der Waals surface area contributed by atoms with Crippen molar-refractivity contribution in [3.05, 3.63) is 58.7 Å². The number of amides is 1. The number of fused-ring (bicyclic) bond motifs is 1. The average molecular weight is 521 g/mol. The number of nitrogens with zero attached hydrogens (tertiary/aromatic N) is 3. The number of carbonyl (C=O) groups is 1. The van der Waals surface area contributed by atoms with Crippen molar-refractivity contribution >= 4 is 39.8 Å². The van der Waals surface area contributed by atoms with Gasteiger partial charge in [-0.15, -0.1) is 0 Å². The number of thioether (sulfide) groups is 1. The van der Waals surface area contributed by atoms with Crippen LogP contribution in [0.5, 0.6) is 17.2 Å². The third-order valence-corrected chi connectivity index (χ3v) is 6.84. The van der Waals surface area contributed by atoms with Crippen molar-refractivity contribution in [3.8, 4) is 17.2 Å². The van der Waals surface area contributed by atoms with E-state index < -0.39 is 5.91 Å². The third kappa shape index (κ3) is 6.40. The minimum absolute atomic E-state index is 0.0211. The smallest absolute Gasteiger partial charge is 0.283 e. The fourth-order valence-electron chi connectivity index (χ4n) is 3.94. The zero-order valence-corrected chi connectivity index (χ0v) is 22.5. The van der Waals surface area contributed by atoms with Gasteiger partial charge in [0.2, 0.25) is 5.17 Å². The first-order chi connectivity index (χ1) is 17.9. The fourth-order valence-corrected chi connectivity index (χ4v) is 4.87. The molecule has 0 aromatic heterocycles. The predicted octanol–water partition coefficient (Wildman–Crippen LogP) is 5.83. The maximum Gasteiger partial charge on any atom is 0.283 e. The van der Waals surface area contributed by atoms with E-state index in [4.69, 9.17) is 19.6 Å². The molecule has 2 aliphatic heterocycles. The molecule has 2 heterocycles. The number of unbranched alkanes of at least 4 members (excludes halogenated alkanes) is 1. The summed E-state index contributed by atoms with van der Waals surface area (Å²) < 4.78 is 17.3. The summed E-state index contributed by atoms with van der Waals surface area (Å²) in [7, 11) is 1.56. The van der Waals surface area contributed by atoms with Gasteiger partial charge in [0.15, 0.2) is 17.3 Å². The van der Waals surface area contributed by atoms with Gasteiger partial charge < -0.3 is 14.2 Å².